The van der Waals surface area contributed by atoms with E-state index in [-0.39, 0.29) is 18.3 Å². The zero-order chi connectivity index (χ0) is 13.5. The molecule has 0 aromatic carbocycles. The van der Waals surface area contributed by atoms with Crippen LogP contribution in [-0.4, -0.2) is 27.8 Å². The molecule has 5 nitrogen and oxygen atoms in total. The van der Waals surface area contributed by atoms with Gasteiger partial charge in [0.2, 0.25) is 0 Å². The minimum atomic E-state index is -0.570. The number of ether oxygens (including phenoxy) is 1. The van der Waals surface area contributed by atoms with Gasteiger partial charge in [-0.3, -0.25) is 5.10 Å². The third-order valence-corrected chi connectivity index (χ3v) is 2.12. The van der Waals surface area contributed by atoms with E-state index in [4.69, 9.17) is 4.74 Å². The highest BCUT2D eigenvalue weighted by Gasteiger charge is 2.13. The van der Waals surface area contributed by atoms with E-state index in [1.807, 2.05) is 0 Å². The van der Waals surface area contributed by atoms with Crippen LogP contribution in [0.2, 0.25) is 0 Å². The molecular formula is C12H16FN3O2. The van der Waals surface area contributed by atoms with Gasteiger partial charge in [0, 0.05) is 6.42 Å². The Morgan fingerprint density at radius 2 is 2.28 bits per heavy atom. The van der Waals surface area contributed by atoms with Crippen molar-refractivity contribution in [3.05, 3.63) is 35.2 Å². The van der Waals surface area contributed by atoms with Crippen LogP contribution in [0.15, 0.2) is 23.6 Å². The molecule has 0 amide bonds. The van der Waals surface area contributed by atoms with Crippen LogP contribution < -0.4 is 0 Å². The molecule has 0 spiro atoms. The van der Waals surface area contributed by atoms with Crippen LogP contribution in [0, 0.1) is 0 Å². The number of hydrogen-bond acceptors (Lipinski definition) is 4. The number of allylic oxidation sites excluding steroid dienone is 4. The zero-order valence-corrected chi connectivity index (χ0v) is 10.7. The standard InChI is InChI=1S/C12H16FN3O2/c1-4-9(6-8(3)13)7-10-14-11(16-15-10)12(17)18-5-2/h4,6H,5,7H2,1-3H3,(H,14,15,16). The van der Waals surface area contributed by atoms with Crippen molar-refractivity contribution in [3.8, 4) is 0 Å². The van der Waals surface area contributed by atoms with Gasteiger partial charge in [-0.15, -0.1) is 5.10 Å². The zero-order valence-electron chi connectivity index (χ0n) is 10.7. The summed E-state index contributed by atoms with van der Waals surface area (Å²) in [6, 6.07) is 0. The number of rotatable bonds is 5. The Kier molecular flexibility index (Phi) is 5.23. The van der Waals surface area contributed by atoms with Crippen LogP contribution in [0.4, 0.5) is 4.39 Å². The molecule has 0 aliphatic rings. The highest BCUT2D eigenvalue weighted by molar-refractivity contribution is 5.84. The van der Waals surface area contributed by atoms with Gasteiger partial charge in [-0.05, 0) is 32.4 Å². The van der Waals surface area contributed by atoms with Gasteiger partial charge in [0.1, 0.15) is 5.82 Å². The monoisotopic (exact) mass is 253 g/mol. The van der Waals surface area contributed by atoms with E-state index >= 15 is 0 Å². The maximum atomic E-state index is 12.8. The van der Waals surface area contributed by atoms with Crippen LogP contribution in [0.25, 0.3) is 0 Å². The average molecular weight is 253 g/mol. The maximum absolute atomic E-state index is 12.8. The molecular weight excluding hydrogens is 237 g/mol. The van der Waals surface area contributed by atoms with Crippen LogP contribution >= 0.6 is 0 Å². The molecule has 98 valence electrons. The molecule has 1 N–H and O–H groups in total. The van der Waals surface area contributed by atoms with Crippen LogP contribution in [0.3, 0.4) is 0 Å². The van der Waals surface area contributed by atoms with E-state index in [9.17, 15) is 9.18 Å². The van der Waals surface area contributed by atoms with Gasteiger partial charge < -0.3 is 4.74 Å². The highest BCUT2D eigenvalue weighted by Crippen LogP contribution is 2.09. The Hall–Kier alpha value is -1.98. The van der Waals surface area contributed by atoms with Gasteiger partial charge in [-0.2, -0.15) is 0 Å². The molecule has 0 radical (unpaired) electrons. The molecule has 0 saturated carbocycles. The summed E-state index contributed by atoms with van der Waals surface area (Å²) < 4.78 is 17.5. The minimum absolute atomic E-state index is 0.0109. The van der Waals surface area contributed by atoms with Crippen molar-refractivity contribution in [1.29, 1.82) is 0 Å². The number of nitrogens with zero attached hydrogens (tertiary/aromatic N) is 2. The lowest BCUT2D eigenvalue weighted by atomic mass is 10.1. The van der Waals surface area contributed by atoms with Crippen molar-refractivity contribution in [3.63, 3.8) is 0 Å². The second kappa shape index (κ2) is 6.68. The lowest BCUT2D eigenvalue weighted by molar-refractivity contribution is 0.0512. The smallest absolute Gasteiger partial charge is 0.378 e. The number of halogens is 1. The first-order chi connectivity index (χ1) is 8.56. The predicted octanol–water partition coefficient (Wildman–Crippen LogP) is 2.34. The van der Waals surface area contributed by atoms with E-state index in [1.165, 1.54) is 13.0 Å². The van der Waals surface area contributed by atoms with Crippen molar-refractivity contribution in [2.45, 2.75) is 27.2 Å². The summed E-state index contributed by atoms with van der Waals surface area (Å²) in [5.74, 6) is -0.376. The molecule has 0 bridgehead atoms. The van der Waals surface area contributed by atoms with Gasteiger partial charge in [0.15, 0.2) is 0 Å². The third kappa shape index (κ3) is 4.12. The average Bonchev–Trinajstić information content (AvgIpc) is 2.76. The molecule has 1 rings (SSSR count). The van der Waals surface area contributed by atoms with Gasteiger partial charge >= 0.3 is 5.97 Å². The lowest BCUT2D eigenvalue weighted by Gasteiger charge is -1.97. The summed E-state index contributed by atoms with van der Waals surface area (Å²) in [5.41, 5.74) is 0.751. The SMILES string of the molecule is CC=C(C=C(C)F)Cc1nc(C(=O)OCC)n[nH]1. The molecule has 1 aromatic rings. The highest BCUT2D eigenvalue weighted by atomic mass is 19.1. The topological polar surface area (TPSA) is 67.9 Å². The summed E-state index contributed by atoms with van der Waals surface area (Å²) >= 11 is 0. The van der Waals surface area contributed by atoms with Crippen molar-refractivity contribution in [1.82, 2.24) is 15.2 Å². The van der Waals surface area contributed by atoms with E-state index in [1.54, 1.807) is 19.9 Å². The number of carbonyl (C=O) groups is 1. The molecule has 0 unspecified atom stereocenters. The largest absolute Gasteiger partial charge is 0.460 e. The second-order valence-electron chi connectivity index (χ2n) is 3.60. The third-order valence-electron chi connectivity index (χ3n) is 2.12. The number of carbonyl (C=O) groups excluding carboxylic acids is 1. The summed E-state index contributed by atoms with van der Waals surface area (Å²) in [6.45, 7) is 5.15. The fourth-order valence-electron chi connectivity index (χ4n) is 1.35. The molecule has 1 aromatic heterocycles. The van der Waals surface area contributed by atoms with Gasteiger partial charge in [0.25, 0.3) is 5.82 Å². The predicted molar refractivity (Wildman–Crippen MR) is 64.7 cm³/mol. The summed E-state index contributed by atoms with van der Waals surface area (Å²) in [4.78, 5) is 15.3. The number of hydrogen-bond donors (Lipinski definition) is 1. The second-order valence-corrected chi connectivity index (χ2v) is 3.60. The molecule has 6 heteroatoms. The van der Waals surface area contributed by atoms with E-state index in [2.05, 4.69) is 15.2 Å². The summed E-state index contributed by atoms with van der Waals surface area (Å²) in [7, 11) is 0. The molecule has 0 fully saturated rings. The summed E-state index contributed by atoms with van der Waals surface area (Å²) in [5, 5.41) is 6.38. The molecule has 1 heterocycles. The first-order valence-corrected chi connectivity index (χ1v) is 5.64. The lowest BCUT2D eigenvalue weighted by Crippen LogP contribution is -2.06. The first kappa shape index (κ1) is 14.1. The van der Waals surface area contributed by atoms with Crippen molar-refractivity contribution in [2.24, 2.45) is 0 Å². The van der Waals surface area contributed by atoms with E-state index in [0.29, 0.717) is 12.2 Å². The van der Waals surface area contributed by atoms with Gasteiger partial charge in [-0.25, -0.2) is 14.2 Å². The number of H-pyrrole nitrogens is 1. The van der Waals surface area contributed by atoms with E-state index < -0.39 is 5.97 Å². The Balaban J connectivity index is 2.75. The number of nitrogens with one attached hydrogen (secondary N) is 1. The normalized spacial score (nSPS) is 12.7. The fraction of sp³-hybridized carbons (Fsp3) is 0.417. The number of esters is 1. The summed E-state index contributed by atoms with van der Waals surface area (Å²) in [6.07, 6.45) is 3.56. The maximum Gasteiger partial charge on any atom is 0.378 e. The molecule has 0 saturated heterocycles. The van der Waals surface area contributed by atoms with E-state index in [0.717, 1.165) is 5.57 Å². The number of aromatic amines is 1. The van der Waals surface area contributed by atoms with Gasteiger partial charge in [-0.1, -0.05) is 6.08 Å². The molecule has 18 heavy (non-hydrogen) atoms. The van der Waals surface area contributed by atoms with Crippen LogP contribution in [0.5, 0.6) is 0 Å². The minimum Gasteiger partial charge on any atom is -0.460 e. The Morgan fingerprint density at radius 1 is 1.56 bits per heavy atom. The molecule has 0 aliphatic carbocycles. The Morgan fingerprint density at radius 3 is 2.83 bits per heavy atom. The number of aromatic nitrogens is 3. The van der Waals surface area contributed by atoms with Crippen LogP contribution in [-0.2, 0) is 11.2 Å². The fourth-order valence-corrected chi connectivity index (χ4v) is 1.35. The molecule has 0 aliphatic heterocycles. The Bertz CT molecular complexity index is 473. The van der Waals surface area contributed by atoms with Crippen molar-refractivity contribution >= 4 is 5.97 Å². The van der Waals surface area contributed by atoms with Crippen molar-refractivity contribution < 1.29 is 13.9 Å². The first-order valence-electron chi connectivity index (χ1n) is 5.64. The quantitative estimate of drug-likeness (QED) is 0.646. The Labute approximate surface area is 105 Å². The van der Waals surface area contributed by atoms with Gasteiger partial charge in [0.05, 0.1) is 12.4 Å². The van der Waals surface area contributed by atoms with Crippen LogP contribution in [0.1, 0.15) is 37.2 Å². The van der Waals surface area contributed by atoms with Crippen molar-refractivity contribution in [2.75, 3.05) is 6.61 Å². The molecule has 0 atom stereocenters.